The van der Waals surface area contributed by atoms with Crippen LogP contribution in [0.2, 0.25) is 0 Å². The van der Waals surface area contributed by atoms with E-state index >= 15 is 0 Å². The summed E-state index contributed by atoms with van der Waals surface area (Å²) in [7, 11) is 0. The van der Waals surface area contributed by atoms with Crippen LogP contribution in [-0.4, -0.2) is 24.9 Å². The van der Waals surface area contributed by atoms with E-state index in [0.717, 1.165) is 42.6 Å². The molecule has 0 unspecified atom stereocenters. The van der Waals surface area contributed by atoms with E-state index in [1.54, 1.807) is 0 Å². The SMILES string of the molecule is N#Cc1ccc(-c2ccc(OCCCCCCOC(=O)CCS)cc2)cc1. The molecular weight excluding hydrogens is 358 g/mol. The van der Waals surface area contributed by atoms with Gasteiger partial charge in [-0.1, -0.05) is 24.3 Å². The number of nitrogens with zero attached hydrogens (tertiary/aromatic N) is 1. The van der Waals surface area contributed by atoms with Gasteiger partial charge in [0.2, 0.25) is 0 Å². The number of hydrogen-bond donors (Lipinski definition) is 1. The van der Waals surface area contributed by atoms with E-state index in [1.165, 1.54) is 0 Å². The number of carbonyl (C=O) groups is 1. The predicted molar refractivity (Wildman–Crippen MR) is 110 cm³/mol. The van der Waals surface area contributed by atoms with Gasteiger partial charge >= 0.3 is 5.97 Å². The molecule has 0 bridgehead atoms. The molecule has 0 heterocycles. The van der Waals surface area contributed by atoms with Crippen LogP contribution in [0.1, 0.15) is 37.7 Å². The second-order valence-corrected chi connectivity index (χ2v) is 6.62. The van der Waals surface area contributed by atoms with Crippen molar-refractivity contribution in [2.45, 2.75) is 32.1 Å². The van der Waals surface area contributed by atoms with Crippen LogP contribution in [-0.2, 0) is 9.53 Å². The van der Waals surface area contributed by atoms with Crippen LogP contribution in [0.15, 0.2) is 48.5 Å². The Morgan fingerprint density at radius 2 is 1.48 bits per heavy atom. The van der Waals surface area contributed by atoms with E-state index in [4.69, 9.17) is 14.7 Å². The first kappa shape index (κ1) is 20.9. The normalized spacial score (nSPS) is 10.2. The Morgan fingerprint density at radius 1 is 0.889 bits per heavy atom. The molecule has 0 saturated carbocycles. The predicted octanol–water partition coefficient (Wildman–Crippen LogP) is 5.03. The van der Waals surface area contributed by atoms with Gasteiger partial charge in [-0.2, -0.15) is 17.9 Å². The molecule has 0 radical (unpaired) electrons. The number of rotatable bonds is 11. The fourth-order valence-corrected chi connectivity index (χ4v) is 2.76. The number of thiol groups is 1. The summed E-state index contributed by atoms with van der Waals surface area (Å²) in [6.45, 7) is 1.17. The van der Waals surface area contributed by atoms with Gasteiger partial charge in [-0.15, -0.1) is 0 Å². The molecule has 2 rings (SSSR count). The summed E-state index contributed by atoms with van der Waals surface area (Å²) in [5, 5.41) is 8.85. The highest BCUT2D eigenvalue weighted by Gasteiger charge is 2.01. The maximum atomic E-state index is 11.2. The second kappa shape index (κ2) is 12.0. The Balaban J connectivity index is 1.61. The maximum absolute atomic E-state index is 11.2. The molecule has 142 valence electrons. The van der Waals surface area contributed by atoms with Crippen molar-refractivity contribution in [3.63, 3.8) is 0 Å². The number of nitriles is 1. The van der Waals surface area contributed by atoms with Crippen LogP contribution in [0.5, 0.6) is 5.75 Å². The molecule has 2 aromatic rings. The zero-order chi connectivity index (χ0) is 19.3. The topological polar surface area (TPSA) is 59.3 Å². The van der Waals surface area contributed by atoms with Gasteiger partial charge in [0.1, 0.15) is 5.75 Å². The number of ether oxygens (including phenoxy) is 2. The van der Waals surface area contributed by atoms with Crippen molar-refractivity contribution in [1.29, 1.82) is 5.26 Å². The lowest BCUT2D eigenvalue weighted by Crippen LogP contribution is -2.06. The summed E-state index contributed by atoms with van der Waals surface area (Å²) in [6, 6.07) is 17.6. The van der Waals surface area contributed by atoms with Gasteiger partial charge < -0.3 is 9.47 Å². The van der Waals surface area contributed by atoms with Crippen molar-refractivity contribution in [1.82, 2.24) is 0 Å². The van der Waals surface area contributed by atoms with Gasteiger partial charge in [0.15, 0.2) is 0 Å². The summed E-state index contributed by atoms with van der Waals surface area (Å²) in [5.74, 6) is 1.22. The quantitative estimate of drug-likeness (QED) is 0.336. The third-order valence-electron chi connectivity index (χ3n) is 4.09. The largest absolute Gasteiger partial charge is 0.494 e. The Hall–Kier alpha value is -2.45. The lowest BCUT2D eigenvalue weighted by atomic mass is 10.0. The standard InChI is InChI=1S/C22H25NO3S/c23-17-18-5-7-19(8-6-18)20-9-11-21(12-10-20)25-14-3-1-2-4-15-26-22(24)13-16-27/h5-12,27H,1-4,13-16H2. The van der Waals surface area contributed by atoms with Crippen molar-refractivity contribution >= 4 is 18.6 Å². The maximum Gasteiger partial charge on any atom is 0.306 e. The van der Waals surface area contributed by atoms with Gasteiger partial charge in [-0.3, -0.25) is 4.79 Å². The minimum atomic E-state index is -0.169. The van der Waals surface area contributed by atoms with Crippen molar-refractivity contribution in [3.05, 3.63) is 54.1 Å². The van der Waals surface area contributed by atoms with Gasteiger partial charge in [0, 0.05) is 5.75 Å². The Bertz CT molecular complexity index is 736. The van der Waals surface area contributed by atoms with Crippen molar-refractivity contribution < 1.29 is 14.3 Å². The summed E-state index contributed by atoms with van der Waals surface area (Å²) in [5.41, 5.74) is 2.84. The highest BCUT2D eigenvalue weighted by molar-refractivity contribution is 7.80. The molecule has 4 nitrogen and oxygen atoms in total. The zero-order valence-corrected chi connectivity index (χ0v) is 16.3. The van der Waals surface area contributed by atoms with E-state index < -0.39 is 0 Å². The Morgan fingerprint density at radius 3 is 2.07 bits per heavy atom. The molecule has 0 spiro atoms. The number of hydrogen-bond acceptors (Lipinski definition) is 5. The summed E-state index contributed by atoms with van der Waals surface area (Å²) in [4.78, 5) is 11.2. The van der Waals surface area contributed by atoms with Gasteiger partial charge in [-0.25, -0.2) is 0 Å². The molecule has 0 amide bonds. The smallest absolute Gasteiger partial charge is 0.306 e. The monoisotopic (exact) mass is 383 g/mol. The molecular formula is C22H25NO3S. The number of carbonyl (C=O) groups excluding carboxylic acids is 1. The van der Waals surface area contributed by atoms with Crippen LogP contribution in [0.3, 0.4) is 0 Å². The molecule has 0 fully saturated rings. The number of unbranched alkanes of at least 4 members (excludes halogenated alkanes) is 3. The van der Waals surface area contributed by atoms with Gasteiger partial charge in [0.25, 0.3) is 0 Å². The van der Waals surface area contributed by atoms with Gasteiger partial charge in [-0.05, 0) is 61.1 Å². The Kier molecular flexibility index (Phi) is 9.29. The molecule has 5 heteroatoms. The van der Waals surface area contributed by atoms with Crippen LogP contribution >= 0.6 is 12.6 Å². The van der Waals surface area contributed by atoms with Crippen LogP contribution in [0.25, 0.3) is 11.1 Å². The van der Waals surface area contributed by atoms with Crippen LogP contribution < -0.4 is 4.74 Å². The second-order valence-electron chi connectivity index (χ2n) is 6.17. The fraction of sp³-hybridized carbons (Fsp3) is 0.364. The minimum absolute atomic E-state index is 0.169. The first-order valence-corrected chi connectivity index (χ1v) is 9.86. The fourth-order valence-electron chi connectivity index (χ4n) is 2.58. The summed E-state index contributed by atoms with van der Waals surface area (Å²) >= 11 is 4.00. The average Bonchev–Trinajstić information content (AvgIpc) is 2.71. The lowest BCUT2D eigenvalue weighted by molar-refractivity contribution is -0.143. The first-order valence-electron chi connectivity index (χ1n) is 9.23. The minimum Gasteiger partial charge on any atom is -0.494 e. The number of benzene rings is 2. The van der Waals surface area contributed by atoms with Gasteiger partial charge in [0.05, 0.1) is 31.3 Å². The number of esters is 1. The molecule has 27 heavy (non-hydrogen) atoms. The van der Waals surface area contributed by atoms with Crippen LogP contribution in [0.4, 0.5) is 0 Å². The molecule has 2 aromatic carbocycles. The van der Waals surface area contributed by atoms with Crippen molar-refractivity contribution in [3.8, 4) is 22.9 Å². The summed E-state index contributed by atoms with van der Waals surface area (Å²) < 4.78 is 10.9. The third kappa shape index (κ3) is 7.76. The van der Waals surface area contributed by atoms with E-state index in [2.05, 4.69) is 18.7 Å². The molecule has 0 saturated heterocycles. The van der Waals surface area contributed by atoms with E-state index in [0.29, 0.717) is 31.0 Å². The highest BCUT2D eigenvalue weighted by Crippen LogP contribution is 2.23. The molecule has 0 aromatic heterocycles. The van der Waals surface area contributed by atoms with E-state index in [9.17, 15) is 4.79 Å². The molecule has 0 aliphatic heterocycles. The molecule has 0 atom stereocenters. The molecule has 0 aliphatic carbocycles. The zero-order valence-electron chi connectivity index (χ0n) is 15.4. The molecule has 0 N–H and O–H groups in total. The van der Waals surface area contributed by atoms with Crippen molar-refractivity contribution in [2.75, 3.05) is 19.0 Å². The third-order valence-corrected chi connectivity index (χ3v) is 4.31. The lowest BCUT2D eigenvalue weighted by Gasteiger charge is -2.08. The van der Waals surface area contributed by atoms with Crippen molar-refractivity contribution in [2.24, 2.45) is 0 Å². The Labute approximate surface area is 166 Å². The van der Waals surface area contributed by atoms with Crippen LogP contribution in [0, 0.1) is 11.3 Å². The highest BCUT2D eigenvalue weighted by atomic mass is 32.1. The molecule has 0 aliphatic rings. The van der Waals surface area contributed by atoms with E-state index in [-0.39, 0.29) is 5.97 Å². The summed E-state index contributed by atoms with van der Waals surface area (Å²) in [6.07, 6.45) is 4.31. The average molecular weight is 384 g/mol. The van der Waals surface area contributed by atoms with E-state index in [1.807, 2.05) is 48.5 Å². The first-order chi connectivity index (χ1) is 13.2.